The van der Waals surface area contributed by atoms with Gasteiger partial charge in [-0.1, -0.05) is 43.0 Å². The zero-order valence-corrected chi connectivity index (χ0v) is 11.5. The Labute approximate surface area is 114 Å². The molecule has 1 aromatic carbocycles. The standard InChI is InChI=1S/C16H21N3/c1-12-6-5-7-13(10-12)16-15(17)11-19(18-16)14-8-3-2-4-9-14/h5-7,10-11,14H,2-4,8-9,17H2,1H3. The lowest BCUT2D eigenvalue weighted by Gasteiger charge is -2.21. The van der Waals surface area contributed by atoms with E-state index in [1.54, 1.807) is 0 Å². The molecule has 0 unspecified atom stereocenters. The Morgan fingerprint density at radius 3 is 2.74 bits per heavy atom. The van der Waals surface area contributed by atoms with Crippen LogP contribution in [0.5, 0.6) is 0 Å². The van der Waals surface area contributed by atoms with E-state index < -0.39 is 0 Å². The zero-order valence-electron chi connectivity index (χ0n) is 11.5. The molecule has 0 radical (unpaired) electrons. The lowest BCUT2D eigenvalue weighted by Crippen LogP contribution is -2.13. The fourth-order valence-electron chi connectivity index (χ4n) is 2.96. The summed E-state index contributed by atoms with van der Waals surface area (Å²) in [6.07, 6.45) is 8.45. The second-order valence-electron chi connectivity index (χ2n) is 5.57. The topological polar surface area (TPSA) is 43.8 Å². The Kier molecular flexibility index (Phi) is 3.28. The van der Waals surface area contributed by atoms with Crippen molar-refractivity contribution in [2.75, 3.05) is 5.73 Å². The third-order valence-corrected chi connectivity index (χ3v) is 4.00. The normalized spacial score (nSPS) is 16.7. The number of anilines is 1. The van der Waals surface area contributed by atoms with Crippen molar-refractivity contribution in [1.29, 1.82) is 0 Å². The molecule has 2 N–H and O–H groups in total. The molecule has 1 fully saturated rings. The Bertz CT molecular complexity index is 565. The molecule has 0 atom stereocenters. The quantitative estimate of drug-likeness (QED) is 0.883. The number of aromatic nitrogens is 2. The SMILES string of the molecule is Cc1cccc(-c2nn(C3CCCCC3)cc2N)c1. The average Bonchev–Trinajstić information content (AvgIpc) is 2.82. The first-order valence-corrected chi connectivity index (χ1v) is 7.16. The largest absolute Gasteiger partial charge is 0.396 e. The molecule has 100 valence electrons. The first kappa shape index (κ1) is 12.3. The molecular formula is C16H21N3. The summed E-state index contributed by atoms with van der Waals surface area (Å²) in [5.74, 6) is 0. The van der Waals surface area contributed by atoms with Crippen molar-refractivity contribution >= 4 is 5.69 Å². The summed E-state index contributed by atoms with van der Waals surface area (Å²) in [5, 5.41) is 4.74. The highest BCUT2D eigenvalue weighted by molar-refractivity contribution is 5.72. The van der Waals surface area contributed by atoms with Crippen LogP contribution < -0.4 is 5.73 Å². The van der Waals surface area contributed by atoms with Crippen LogP contribution in [-0.2, 0) is 0 Å². The lowest BCUT2D eigenvalue weighted by atomic mass is 9.96. The van der Waals surface area contributed by atoms with Gasteiger partial charge in [-0.2, -0.15) is 5.10 Å². The maximum absolute atomic E-state index is 6.15. The predicted molar refractivity (Wildman–Crippen MR) is 78.9 cm³/mol. The van der Waals surface area contributed by atoms with Crippen LogP contribution in [0.25, 0.3) is 11.3 Å². The Morgan fingerprint density at radius 2 is 2.00 bits per heavy atom. The molecule has 2 aromatic rings. The van der Waals surface area contributed by atoms with E-state index in [1.165, 1.54) is 37.7 Å². The molecule has 0 amide bonds. The second-order valence-corrected chi connectivity index (χ2v) is 5.57. The van der Waals surface area contributed by atoms with Gasteiger partial charge in [0.2, 0.25) is 0 Å². The number of nitrogens with two attached hydrogens (primary N) is 1. The molecule has 19 heavy (non-hydrogen) atoms. The minimum absolute atomic E-state index is 0.537. The fraction of sp³-hybridized carbons (Fsp3) is 0.438. The number of rotatable bonds is 2. The van der Waals surface area contributed by atoms with Gasteiger partial charge >= 0.3 is 0 Å². The van der Waals surface area contributed by atoms with Crippen LogP contribution >= 0.6 is 0 Å². The van der Waals surface area contributed by atoms with E-state index in [2.05, 4.69) is 35.9 Å². The van der Waals surface area contributed by atoms with E-state index in [9.17, 15) is 0 Å². The highest BCUT2D eigenvalue weighted by atomic mass is 15.3. The molecule has 1 saturated carbocycles. The molecule has 1 aliphatic rings. The first-order valence-electron chi connectivity index (χ1n) is 7.16. The van der Waals surface area contributed by atoms with Crippen LogP contribution in [0.4, 0.5) is 5.69 Å². The summed E-state index contributed by atoms with van der Waals surface area (Å²) in [7, 11) is 0. The minimum atomic E-state index is 0.537. The lowest BCUT2D eigenvalue weighted by molar-refractivity contribution is 0.330. The molecular weight excluding hydrogens is 234 g/mol. The summed E-state index contributed by atoms with van der Waals surface area (Å²) in [6.45, 7) is 2.10. The predicted octanol–water partition coefficient (Wildman–Crippen LogP) is 3.95. The summed E-state index contributed by atoms with van der Waals surface area (Å²) >= 11 is 0. The monoisotopic (exact) mass is 255 g/mol. The van der Waals surface area contributed by atoms with Crippen LogP contribution in [-0.4, -0.2) is 9.78 Å². The summed E-state index contributed by atoms with van der Waals surface area (Å²) in [5.41, 5.74) is 10.2. The third-order valence-electron chi connectivity index (χ3n) is 4.00. The summed E-state index contributed by atoms with van der Waals surface area (Å²) < 4.78 is 2.09. The number of hydrogen-bond donors (Lipinski definition) is 1. The molecule has 1 heterocycles. The number of nitrogen functional groups attached to an aromatic ring is 1. The molecule has 1 aromatic heterocycles. The van der Waals surface area contributed by atoms with Crippen LogP contribution in [0, 0.1) is 6.92 Å². The maximum Gasteiger partial charge on any atom is 0.115 e. The molecule has 0 bridgehead atoms. The van der Waals surface area contributed by atoms with Crippen LogP contribution in [0.3, 0.4) is 0 Å². The van der Waals surface area contributed by atoms with Crippen molar-refractivity contribution in [3.05, 3.63) is 36.0 Å². The van der Waals surface area contributed by atoms with Crippen molar-refractivity contribution in [2.24, 2.45) is 0 Å². The van der Waals surface area contributed by atoms with Crippen molar-refractivity contribution in [3.63, 3.8) is 0 Å². The number of aryl methyl sites for hydroxylation is 1. The van der Waals surface area contributed by atoms with E-state index in [0.29, 0.717) is 6.04 Å². The molecule has 0 aliphatic heterocycles. The third kappa shape index (κ3) is 2.50. The van der Waals surface area contributed by atoms with Crippen molar-refractivity contribution in [3.8, 4) is 11.3 Å². The molecule has 3 nitrogen and oxygen atoms in total. The average molecular weight is 255 g/mol. The van der Waals surface area contributed by atoms with Gasteiger partial charge in [-0.15, -0.1) is 0 Å². The highest BCUT2D eigenvalue weighted by Gasteiger charge is 2.18. The molecule has 0 spiro atoms. The van der Waals surface area contributed by atoms with E-state index >= 15 is 0 Å². The van der Waals surface area contributed by atoms with Crippen molar-refractivity contribution in [2.45, 2.75) is 45.1 Å². The van der Waals surface area contributed by atoms with Gasteiger partial charge < -0.3 is 5.73 Å². The molecule has 1 aliphatic carbocycles. The summed E-state index contributed by atoms with van der Waals surface area (Å²) in [6, 6.07) is 8.91. The smallest absolute Gasteiger partial charge is 0.115 e. The summed E-state index contributed by atoms with van der Waals surface area (Å²) in [4.78, 5) is 0. The van der Waals surface area contributed by atoms with Gasteiger partial charge in [0.15, 0.2) is 0 Å². The van der Waals surface area contributed by atoms with E-state index in [0.717, 1.165) is 16.9 Å². The first-order chi connectivity index (χ1) is 9.24. The Balaban J connectivity index is 1.92. The van der Waals surface area contributed by atoms with E-state index in [4.69, 9.17) is 10.8 Å². The van der Waals surface area contributed by atoms with Crippen LogP contribution in [0.2, 0.25) is 0 Å². The van der Waals surface area contributed by atoms with Gasteiger partial charge in [0.25, 0.3) is 0 Å². The van der Waals surface area contributed by atoms with Crippen LogP contribution in [0.1, 0.15) is 43.7 Å². The number of nitrogens with zero attached hydrogens (tertiary/aromatic N) is 2. The minimum Gasteiger partial charge on any atom is -0.396 e. The fourth-order valence-corrected chi connectivity index (χ4v) is 2.96. The second kappa shape index (κ2) is 5.08. The van der Waals surface area contributed by atoms with Crippen molar-refractivity contribution < 1.29 is 0 Å². The van der Waals surface area contributed by atoms with Gasteiger partial charge in [-0.05, 0) is 25.8 Å². The van der Waals surface area contributed by atoms with Gasteiger partial charge in [0.05, 0.1) is 11.7 Å². The van der Waals surface area contributed by atoms with Crippen molar-refractivity contribution in [1.82, 2.24) is 9.78 Å². The van der Waals surface area contributed by atoms with E-state index in [1.807, 2.05) is 6.20 Å². The molecule has 3 heteroatoms. The van der Waals surface area contributed by atoms with Gasteiger partial charge in [-0.3, -0.25) is 4.68 Å². The number of benzene rings is 1. The van der Waals surface area contributed by atoms with E-state index in [-0.39, 0.29) is 0 Å². The molecule has 3 rings (SSSR count). The highest BCUT2D eigenvalue weighted by Crippen LogP contribution is 2.31. The Morgan fingerprint density at radius 1 is 1.21 bits per heavy atom. The van der Waals surface area contributed by atoms with Gasteiger partial charge in [-0.25, -0.2) is 0 Å². The van der Waals surface area contributed by atoms with Crippen LogP contribution in [0.15, 0.2) is 30.5 Å². The maximum atomic E-state index is 6.15. The zero-order chi connectivity index (χ0) is 13.2. The van der Waals surface area contributed by atoms with Gasteiger partial charge in [0.1, 0.15) is 5.69 Å². The number of hydrogen-bond acceptors (Lipinski definition) is 2. The Hall–Kier alpha value is -1.77. The van der Waals surface area contributed by atoms with Gasteiger partial charge in [0, 0.05) is 11.8 Å². The molecule has 0 saturated heterocycles.